The molecule has 7 heteroatoms. The molecule has 2 aromatic heterocycles. The number of hydrogen-bond acceptors (Lipinski definition) is 5. The number of aromatic nitrogens is 2. The summed E-state index contributed by atoms with van der Waals surface area (Å²) in [7, 11) is 0. The Morgan fingerprint density at radius 1 is 1.11 bits per heavy atom. The molecular weight excluding hydrogens is 462 g/mol. The first-order valence-corrected chi connectivity index (χ1v) is 12.4. The zero-order valence-electron chi connectivity index (χ0n) is 20.9. The topological polar surface area (TPSA) is 99.0 Å². The summed E-state index contributed by atoms with van der Waals surface area (Å²) in [6.07, 6.45) is 6.24. The number of carbonyl (C=O) groups is 2. The summed E-state index contributed by atoms with van der Waals surface area (Å²) in [5.41, 5.74) is 6.54. The third kappa shape index (κ3) is 5.19. The number of fused-ring (bicyclic) bond motifs is 1. The molecule has 5 rings (SSSR count). The maximum absolute atomic E-state index is 13.8. The third-order valence-corrected chi connectivity index (χ3v) is 6.73. The van der Waals surface area contributed by atoms with Crippen LogP contribution in [0.1, 0.15) is 54.9 Å². The van der Waals surface area contributed by atoms with Crippen molar-refractivity contribution in [1.29, 1.82) is 5.26 Å². The number of nitrogens with one attached hydrogen (secondary N) is 1. The van der Waals surface area contributed by atoms with Crippen molar-refractivity contribution in [2.75, 3.05) is 11.4 Å². The molecule has 7 nitrogen and oxygen atoms in total. The average Bonchev–Trinajstić information content (AvgIpc) is 3.77. The van der Waals surface area contributed by atoms with Gasteiger partial charge in [-0.25, -0.2) is 9.97 Å². The highest BCUT2D eigenvalue weighted by Gasteiger charge is 2.27. The Hall–Kier alpha value is -4.57. The molecule has 0 radical (unpaired) electrons. The van der Waals surface area contributed by atoms with E-state index in [0.29, 0.717) is 41.7 Å². The predicted octanol–water partition coefficient (Wildman–Crippen LogP) is 5.06. The summed E-state index contributed by atoms with van der Waals surface area (Å²) in [5, 5.41) is 12.1. The van der Waals surface area contributed by atoms with Crippen LogP contribution in [-0.2, 0) is 4.79 Å². The lowest BCUT2D eigenvalue weighted by molar-refractivity contribution is -0.117. The van der Waals surface area contributed by atoms with Gasteiger partial charge in [-0.2, -0.15) is 5.26 Å². The fraction of sp³-hybridized carbons (Fsp3) is 0.233. The number of hydrogen-bond donors (Lipinski definition) is 1. The van der Waals surface area contributed by atoms with Crippen LogP contribution >= 0.6 is 0 Å². The van der Waals surface area contributed by atoms with Crippen molar-refractivity contribution in [3.8, 4) is 17.3 Å². The van der Waals surface area contributed by atoms with Crippen LogP contribution in [0, 0.1) is 11.3 Å². The van der Waals surface area contributed by atoms with Crippen molar-refractivity contribution in [2.24, 2.45) is 0 Å². The molecule has 2 aliphatic rings. The number of benzene rings is 1. The number of amides is 2. The zero-order chi connectivity index (χ0) is 25.9. The molecule has 1 saturated carbocycles. The summed E-state index contributed by atoms with van der Waals surface area (Å²) in [6, 6.07) is 18.9. The number of nitrogens with zero attached hydrogens (tertiary/aromatic N) is 4. The Bertz CT molecular complexity index is 1480. The number of rotatable bonds is 5. The second-order valence-corrected chi connectivity index (χ2v) is 9.40. The van der Waals surface area contributed by atoms with Gasteiger partial charge in [0.05, 0.1) is 11.4 Å². The van der Waals surface area contributed by atoms with Gasteiger partial charge in [-0.1, -0.05) is 30.3 Å². The molecule has 1 aromatic carbocycles. The first kappa shape index (κ1) is 24.1. The van der Waals surface area contributed by atoms with E-state index >= 15 is 0 Å². The molecule has 3 aromatic rings. The molecule has 1 aliphatic heterocycles. The summed E-state index contributed by atoms with van der Waals surface area (Å²) >= 11 is 0. The van der Waals surface area contributed by atoms with Crippen LogP contribution in [-0.4, -0.2) is 34.4 Å². The van der Waals surface area contributed by atoms with E-state index in [1.54, 1.807) is 35.4 Å². The van der Waals surface area contributed by atoms with E-state index in [-0.39, 0.29) is 11.8 Å². The molecule has 0 atom stereocenters. The van der Waals surface area contributed by atoms with Crippen molar-refractivity contribution >= 4 is 23.1 Å². The minimum Gasteiger partial charge on any atom is -0.350 e. The zero-order valence-corrected chi connectivity index (χ0v) is 20.9. The lowest BCUT2D eigenvalue weighted by Crippen LogP contribution is -2.32. The molecule has 1 fully saturated rings. The van der Waals surface area contributed by atoms with Crippen molar-refractivity contribution in [3.63, 3.8) is 0 Å². The standard InChI is InChI=1S/C30H27N5O2/c1-19(29(36)33-23-12-13-23)16-21-14-15-35(28-9-4-3-6-25(28)20(21)2)30(37)27-8-5-7-26(34-27)22-10-11-24(17-31)32-18-22/h3-11,16,18,23H,12-15H2,1-2H3,(H,33,36)/b19-16+. The van der Waals surface area contributed by atoms with E-state index in [1.807, 2.05) is 56.3 Å². The van der Waals surface area contributed by atoms with Gasteiger partial charge in [0.15, 0.2) is 0 Å². The smallest absolute Gasteiger partial charge is 0.276 e. The molecule has 37 heavy (non-hydrogen) atoms. The van der Waals surface area contributed by atoms with Gasteiger partial charge in [0.1, 0.15) is 17.5 Å². The molecule has 1 N–H and O–H groups in total. The SMILES string of the molecule is CC1=C(/C=C(\C)C(=O)NC2CC2)CCN(C(=O)c2cccc(-c3ccc(C#N)nc3)n2)c2ccccc21. The largest absolute Gasteiger partial charge is 0.350 e. The van der Waals surface area contributed by atoms with Crippen LogP contribution in [0.15, 0.2) is 78.0 Å². The molecule has 0 bridgehead atoms. The first-order chi connectivity index (χ1) is 17.9. The fourth-order valence-corrected chi connectivity index (χ4v) is 4.45. The van der Waals surface area contributed by atoms with Crippen molar-refractivity contribution in [3.05, 3.63) is 95.0 Å². The second-order valence-electron chi connectivity index (χ2n) is 9.40. The van der Waals surface area contributed by atoms with Gasteiger partial charge in [-0.3, -0.25) is 9.59 Å². The number of nitriles is 1. The summed E-state index contributed by atoms with van der Waals surface area (Å²) in [4.78, 5) is 36.8. The number of carbonyl (C=O) groups excluding carboxylic acids is 2. The summed E-state index contributed by atoms with van der Waals surface area (Å²) in [5.74, 6) is -0.233. The Morgan fingerprint density at radius 2 is 1.92 bits per heavy atom. The van der Waals surface area contributed by atoms with E-state index in [0.717, 1.165) is 40.8 Å². The third-order valence-electron chi connectivity index (χ3n) is 6.73. The molecule has 0 unspecified atom stereocenters. The van der Waals surface area contributed by atoms with Crippen molar-refractivity contribution in [2.45, 2.75) is 39.2 Å². The maximum Gasteiger partial charge on any atom is 0.276 e. The quantitative estimate of drug-likeness (QED) is 0.505. The van der Waals surface area contributed by atoms with Gasteiger partial charge < -0.3 is 10.2 Å². The van der Waals surface area contributed by atoms with E-state index in [1.165, 1.54) is 0 Å². The first-order valence-electron chi connectivity index (χ1n) is 12.4. The normalized spacial score (nSPS) is 15.5. The van der Waals surface area contributed by atoms with Crippen molar-refractivity contribution < 1.29 is 9.59 Å². The summed E-state index contributed by atoms with van der Waals surface area (Å²) in [6.45, 7) is 4.34. The Kier molecular flexibility index (Phi) is 6.65. The average molecular weight is 490 g/mol. The van der Waals surface area contributed by atoms with E-state index in [2.05, 4.69) is 15.3 Å². The molecule has 184 valence electrons. The highest BCUT2D eigenvalue weighted by Crippen LogP contribution is 2.35. The Morgan fingerprint density at radius 3 is 2.65 bits per heavy atom. The fourth-order valence-electron chi connectivity index (χ4n) is 4.45. The molecule has 0 spiro atoms. The lowest BCUT2D eigenvalue weighted by Gasteiger charge is -2.23. The van der Waals surface area contributed by atoms with Gasteiger partial charge in [0.25, 0.3) is 5.91 Å². The number of allylic oxidation sites excluding steroid dienone is 2. The molecule has 3 heterocycles. The Labute approximate surface area is 216 Å². The van der Waals surface area contributed by atoms with Crippen LogP contribution in [0.3, 0.4) is 0 Å². The van der Waals surface area contributed by atoms with Crippen LogP contribution < -0.4 is 10.2 Å². The lowest BCUT2D eigenvalue weighted by atomic mass is 9.97. The molecule has 1 aliphatic carbocycles. The highest BCUT2D eigenvalue weighted by molar-refractivity contribution is 6.07. The number of pyridine rings is 2. The predicted molar refractivity (Wildman–Crippen MR) is 142 cm³/mol. The molecule has 0 saturated heterocycles. The van der Waals surface area contributed by atoms with Crippen LogP contribution in [0.2, 0.25) is 0 Å². The summed E-state index contributed by atoms with van der Waals surface area (Å²) < 4.78 is 0. The van der Waals surface area contributed by atoms with Gasteiger partial charge >= 0.3 is 0 Å². The maximum atomic E-state index is 13.8. The van der Waals surface area contributed by atoms with Gasteiger partial charge in [-0.15, -0.1) is 0 Å². The Balaban J connectivity index is 1.44. The molecular formula is C30H27N5O2. The van der Waals surface area contributed by atoms with Crippen LogP contribution in [0.4, 0.5) is 5.69 Å². The van der Waals surface area contributed by atoms with Crippen molar-refractivity contribution in [1.82, 2.24) is 15.3 Å². The van der Waals surface area contributed by atoms with Crippen LogP contribution in [0.5, 0.6) is 0 Å². The van der Waals surface area contributed by atoms with E-state index in [9.17, 15) is 9.59 Å². The van der Waals surface area contributed by atoms with E-state index in [4.69, 9.17) is 5.26 Å². The molecule has 2 amide bonds. The van der Waals surface area contributed by atoms with Gasteiger partial charge in [-0.05, 0) is 74.6 Å². The van der Waals surface area contributed by atoms with E-state index < -0.39 is 0 Å². The van der Waals surface area contributed by atoms with Gasteiger partial charge in [0, 0.05) is 35.5 Å². The minimum atomic E-state index is -0.197. The van der Waals surface area contributed by atoms with Crippen LogP contribution in [0.25, 0.3) is 16.8 Å². The second kappa shape index (κ2) is 10.2. The highest BCUT2D eigenvalue weighted by atomic mass is 16.2. The minimum absolute atomic E-state index is 0.0356. The number of para-hydroxylation sites is 1. The number of anilines is 1. The van der Waals surface area contributed by atoms with Gasteiger partial charge in [0.2, 0.25) is 5.91 Å². The monoisotopic (exact) mass is 489 g/mol.